The van der Waals surface area contributed by atoms with E-state index in [1.54, 1.807) is 0 Å². The molecule has 3 heteroatoms. The summed E-state index contributed by atoms with van der Waals surface area (Å²) in [6, 6.07) is 16.1. The molecule has 0 aliphatic carbocycles. The maximum atomic E-state index is 9.70. The van der Waals surface area contributed by atoms with Crippen molar-refractivity contribution in [2.45, 2.75) is 13.8 Å². The fraction of sp³-hybridized carbons (Fsp3) is 0.211. The molecule has 3 aromatic rings. The SMILES string of the molecule is CCOc1cccc2c(C#N)c3c(OCC)cccc3cc12. The highest BCUT2D eigenvalue weighted by Crippen LogP contribution is 2.37. The van der Waals surface area contributed by atoms with Crippen molar-refractivity contribution in [3.8, 4) is 17.6 Å². The van der Waals surface area contributed by atoms with Gasteiger partial charge in [-0.2, -0.15) is 5.26 Å². The number of rotatable bonds is 4. The molecule has 0 heterocycles. The van der Waals surface area contributed by atoms with E-state index in [1.165, 1.54) is 0 Å². The third-order valence-electron chi connectivity index (χ3n) is 3.66. The topological polar surface area (TPSA) is 42.2 Å². The van der Waals surface area contributed by atoms with Crippen LogP contribution in [0.15, 0.2) is 42.5 Å². The van der Waals surface area contributed by atoms with Crippen molar-refractivity contribution in [2.24, 2.45) is 0 Å². The maximum absolute atomic E-state index is 9.70. The maximum Gasteiger partial charge on any atom is 0.128 e. The van der Waals surface area contributed by atoms with E-state index in [9.17, 15) is 5.26 Å². The molecule has 0 spiro atoms. The molecule has 3 rings (SSSR count). The molecule has 0 bridgehead atoms. The fourth-order valence-electron chi connectivity index (χ4n) is 2.81. The molecule has 0 saturated heterocycles. The lowest BCUT2D eigenvalue weighted by atomic mass is 9.96. The first-order valence-electron chi connectivity index (χ1n) is 7.44. The molecule has 0 atom stereocenters. The van der Waals surface area contributed by atoms with Crippen LogP contribution in [0.5, 0.6) is 11.5 Å². The van der Waals surface area contributed by atoms with Crippen molar-refractivity contribution < 1.29 is 9.47 Å². The minimum absolute atomic E-state index is 0.570. The standard InChI is InChI=1S/C19H17NO2/c1-3-21-17-9-6-8-14-15(17)11-13-7-5-10-18(22-4-2)19(13)16(14)12-20/h5-11H,3-4H2,1-2H3. The highest BCUT2D eigenvalue weighted by molar-refractivity contribution is 6.08. The van der Waals surface area contributed by atoms with E-state index in [2.05, 4.69) is 12.1 Å². The summed E-state index contributed by atoms with van der Waals surface area (Å²) >= 11 is 0. The van der Waals surface area contributed by atoms with Crippen LogP contribution in [0.2, 0.25) is 0 Å². The van der Waals surface area contributed by atoms with Crippen LogP contribution in [0, 0.1) is 11.3 Å². The van der Waals surface area contributed by atoms with E-state index in [0.717, 1.165) is 33.0 Å². The first-order valence-corrected chi connectivity index (χ1v) is 7.44. The average Bonchev–Trinajstić information content (AvgIpc) is 2.54. The molecule has 0 aliphatic rings. The molecular formula is C19H17NO2. The van der Waals surface area contributed by atoms with Crippen molar-refractivity contribution in [2.75, 3.05) is 13.2 Å². The van der Waals surface area contributed by atoms with Crippen LogP contribution >= 0.6 is 0 Å². The summed E-state index contributed by atoms with van der Waals surface area (Å²) in [5, 5.41) is 13.4. The van der Waals surface area contributed by atoms with Gasteiger partial charge in [-0.25, -0.2) is 0 Å². The Morgan fingerprint density at radius 3 is 2.32 bits per heavy atom. The molecule has 0 saturated carbocycles. The summed E-state index contributed by atoms with van der Waals surface area (Å²) in [6.07, 6.45) is 0. The number of ether oxygens (including phenoxy) is 2. The van der Waals surface area contributed by atoms with Crippen molar-refractivity contribution in [3.63, 3.8) is 0 Å². The molecule has 110 valence electrons. The Bertz CT molecular complexity index is 878. The van der Waals surface area contributed by atoms with Crippen LogP contribution in [0.4, 0.5) is 0 Å². The van der Waals surface area contributed by atoms with Crippen LogP contribution in [0.1, 0.15) is 19.4 Å². The van der Waals surface area contributed by atoms with Gasteiger partial charge in [0.1, 0.15) is 17.6 Å². The summed E-state index contributed by atoms with van der Waals surface area (Å²) in [4.78, 5) is 0. The Morgan fingerprint density at radius 1 is 0.909 bits per heavy atom. The van der Waals surface area contributed by atoms with Gasteiger partial charge < -0.3 is 9.47 Å². The minimum Gasteiger partial charge on any atom is -0.493 e. The highest BCUT2D eigenvalue weighted by Gasteiger charge is 2.14. The Morgan fingerprint density at radius 2 is 1.59 bits per heavy atom. The van der Waals surface area contributed by atoms with E-state index >= 15 is 0 Å². The average molecular weight is 291 g/mol. The number of hydrogen-bond donors (Lipinski definition) is 0. The van der Waals surface area contributed by atoms with Gasteiger partial charge >= 0.3 is 0 Å². The second-order valence-electron chi connectivity index (χ2n) is 4.93. The van der Waals surface area contributed by atoms with Crippen LogP contribution in [0.25, 0.3) is 21.5 Å². The molecular weight excluding hydrogens is 274 g/mol. The van der Waals surface area contributed by atoms with Gasteiger partial charge in [-0.3, -0.25) is 0 Å². The van der Waals surface area contributed by atoms with Crippen molar-refractivity contribution in [1.82, 2.24) is 0 Å². The Balaban J connectivity index is 2.44. The summed E-state index contributed by atoms with van der Waals surface area (Å²) in [5.41, 5.74) is 0.637. The van der Waals surface area contributed by atoms with Crippen LogP contribution in [-0.4, -0.2) is 13.2 Å². The van der Waals surface area contributed by atoms with Gasteiger partial charge in [0.15, 0.2) is 0 Å². The van der Waals surface area contributed by atoms with Gasteiger partial charge in [-0.1, -0.05) is 24.3 Å². The Hall–Kier alpha value is -2.73. The Labute approximate surface area is 129 Å². The van der Waals surface area contributed by atoms with E-state index in [-0.39, 0.29) is 0 Å². The van der Waals surface area contributed by atoms with Gasteiger partial charge in [-0.05, 0) is 37.4 Å². The van der Waals surface area contributed by atoms with Crippen molar-refractivity contribution >= 4 is 21.5 Å². The molecule has 0 amide bonds. The molecule has 0 radical (unpaired) electrons. The third kappa shape index (κ3) is 2.23. The van der Waals surface area contributed by atoms with E-state index in [4.69, 9.17) is 9.47 Å². The Kier molecular flexibility index (Phi) is 3.84. The predicted molar refractivity (Wildman–Crippen MR) is 88.5 cm³/mol. The van der Waals surface area contributed by atoms with Crippen LogP contribution in [-0.2, 0) is 0 Å². The molecule has 3 aromatic carbocycles. The molecule has 0 aliphatic heterocycles. The third-order valence-corrected chi connectivity index (χ3v) is 3.66. The quantitative estimate of drug-likeness (QED) is 0.656. The second kappa shape index (κ2) is 5.95. The lowest BCUT2D eigenvalue weighted by Gasteiger charge is -2.13. The second-order valence-corrected chi connectivity index (χ2v) is 4.93. The summed E-state index contributed by atoms with van der Waals surface area (Å²) in [6.45, 7) is 5.07. The van der Waals surface area contributed by atoms with E-state index < -0.39 is 0 Å². The zero-order valence-corrected chi connectivity index (χ0v) is 12.7. The normalized spacial score (nSPS) is 10.6. The molecule has 0 aromatic heterocycles. The number of hydrogen-bond acceptors (Lipinski definition) is 3. The monoisotopic (exact) mass is 291 g/mol. The van der Waals surface area contributed by atoms with Gasteiger partial charge in [0.05, 0.1) is 18.8 Å². The van der Waals surface area contributed by atoms with Gasteiger partial charge in [-0.15, -0.1) is 0 Å². The summed E-state index contributed by atoms with van der Waals surface area (Å²) < 4.78 is 11.4. The first kappa shape index (κ1) is 14.2. The predicted octanol–water partition coefficient (Wildman–Crippen LogP) is 4.66. The number of fused-ring (bicyclic) bond motifs is 2. The van der Waals surface area contributed by atoms with E-state index in [1.807, 2.05) is 50.2 Å². The molecule has 0 unspecified atom stereocenters. The zero-order valence-electron chi connectivity index (χ0n) is 12.7. The lowest BCUT2D eigenvalue weighted by Crippen LogP contribution is -1.96. The summed E-state index contributed by atoms with van der Waals surface area (Å²) in [5.74, 6) is 1.56. The first-order chi connectivity index (χ1) is 10.8. The minimum atomic E-state index is 0.570. The van der Waals surface area contributed by atoms with Crippen LogP contribution in [0.3, 0.4) is 0 Å². The molecule has 22 heavy (non-hydrogen) atoms. The van der Waals surface area contributed by atoms with Crippen molar-refractivity contribution in [1.29, 1.82) is 5.26 Å². The zero-order chi connectivity index (χ0) is 15.5. The van der Waals surface area contributed by atoms with Gasteiger partial charge in [0.2, 0.25) is 0 Å². The summed E-state index contributed by atoms with van der Waals surface area (Å²) in [7, 11) is 0. The lowest BCUT2D eigenvalue weighted by molar-refractivity contribution is 0.343. The van der Waals surface area contributed by atoms with Crippen molar-refractivity contribution in [3.05, 3.63) is 48.0 Å². The number of nitriles is 1. The fourth-order valence-corrected chi connectivity index (χ4v) is 2.81. The molecule has 0 fully saturated rings. The van der Waals surface area contributed by atoms with Crippen LogP contribution < -0.4 is 9.47 Å². The largest absolute Gasteiger partial charge is 0.493 e. The number of nitrogens with zero attached hydrogens (tertiary/aromatic N) is 1. The number of benzene rings is 3. The highest BCUT2D eigenvalue weighted by atomic mass is 16.5. The smallest absolute Gasteiger partial charge is 0.128 e. The van der Waals surface area contributed by atoms with Gasteiger partial charge in [0.25, 0.3) is 0 Å². The van der Waals surface area contributed by atoms with Gasteiger partial charge in [0, 0.05) is 16.2 Å². The van der Waals surface area contributed by atoms with E-state index in [0.29, 0.717) is 18.8 Å². The molecule has 0 N–H and O–H groups in total. The molecule has 3 nitrogen and oxygen atoms in total.